The summed E-state index contributed by atoms with van der Waals surface area (Å²) in [5.41, 5.74) is 3.32. The molecule has 1 amide bonds. The quantitative estimate of drug-likeness (QED) is 0.674. The van der Waals surface area contributed by atoms with Crippen LogP contribution in [0.5, 0.6) is 0 Å². The Morgan fingerprint density at radius 3 is 2.46 bits per heavy atom. The molecule has 1 aromatic heterocycles. The second kappa shape index (κ2) is 8.31. The van der Waals surface area contributed by atoms with E-state index in [1.807, 2.05) is 38.1 Å². The predicted octanol–water partition coefficient (Wildman–Crippen LogP) is 4.06. The zero-order chi connectivity index (χ0) is 20.3. The zero-order valence-electron chi connectivity index (χ0n) is 16.0. The van der Waals surface area contributed by atoms with E-state index >= 15 is 0 Å². The molecule has 3 aromatic rings. The summed E-state index contributed by atoms with van der Waals surface area (Å²) in [6, 6.07) is 13.0. The SMILES string of the molecule is Cc1ccc(-n2nc(C)cc2NC(=O)CN[C@@H](C)c2ccc(F)c(F)c2)cc1. The van der Waals surface area contributed by atoms with E-state index in [4.69, 9.17) is 0 Å². The lowest BCUT2D eigenvalue weighted by Gasteiger charge is -2.15. The second-order valence-corrected chi connectivity index (χ2v) is 6.74. The largest absolute Gasteiger partial charge is 0.309 e. The lowest BCUT2D eigenvalue weighted by atomic mass is 10.1. The molecule has 0 saturated carbocycles. The average molecular weight is 384 g/mol. The fraction of sp³-hybridized carbons (Fsp3) is 0.238. The van der Waals surface area contributed by atoms with Crippen molar-refractivity contribution in [3.05, 3.63) is 77.0 Å². The molecule has 0 radical (unpaired) electrons. The number of aromatic nitrogens is 2. The Balaban J connectivity index is 1.65. The third-order valence-corrected chi connectivity index (χ3v) is 4.39. The van der Waals surface area contributed by atoms with E-state index in [9.17, 15) is 13.6 Å². The van der Waals surface area contributed by atoms with E-state index in [1.54, 1.807) is 17.7 Å². The van der Waals surface area contributed by atoms with Crippen LogP contribution in [-0.2, 0) is 4.79 Å². The molecule has 0 aliphatic heterocycles. The molecular formula is C21H22F2N4O. The van der Waals surface area contributed by atoms with Crippen molar-refractivity contribution in [2.75, 3.05) is 11.9 Å². The Bertz CT molecular complexity index is 983. The minimum atomic E-state index is -0.909. The third kappa shape index (κ3) is 4.61. The van der Waals surface area contributed by atoms with Crippen molar-refractivity contribution in [1.82, 2.24) is 15.1 Å². The van der Waals surface area contributed by atoms with Gasteiger partial charge in [-0.25, -0.2) is 13.5 Å². The van der Waals surface area contributed by atoms with Gasteiger partial charge in [-0.15, -0.1) is 0 Å². The lowest BCUT2D eigenvalue weighted by Crippen LogP contribution is -2.30. The Kier molecular flexibility index (Phi) is 5.84. The van der Waals surface area contributed by atoms with Crippen LogP contribution in [0, 0.1) is 25.5 Å². The van der Waals surface area contributed by atoms with Crippen LogP contribution in [0.25, 0.3) is 5.69 Å². The maximum absolute atomic E-state index is 13.4. The summed E-state index contributed by atoms with van der Waals surface area (Å²) in [5.74, 6) is -1.50. The molecule has 0 saturated heterocycles. The molecule has 2 N–H and O–H groups in total. The number of nitrogens with zero attached hydrogens (tertiary/aromatic N) is 2. The van der Waals surface area contributed by atoms with E-state index in [0.717, 1.165) is 29.1 Å². The van der Waals surface area contributed by atoms with Gasteiger partial charge in [-0.05, 0) is 50.6 Å². The van der Waals surface area contributed by atoms with Crippen LogP contribution in [0.2, 0.25) is 0 Å². The summed E-state index contributed by atoms with van der Waals surface area (Å²) in [5, 5.41) is 10.3. The first-order valence-corrected chi connectivity index (χ1v) is 8.95. The highest BCUT2D eigenvalue weighted by molar-refractivity contribution is 5.91. The van der Waals surface area contributed by atoms with Gasteiger partial charge in [0.1, 0.15) is 5.82 Å². The van der Waals surface area contributed by atoms with E-state index in [2.05, 4.69) is 15.7 Å². The molecule has 28 heavy (non-hydrogen) atoms. The van der Waals surface area contributed by atoms with Crippen LogP contribution in [0.4, 0.5) is 14.6 Å². The van der Waals surface area contributed by atoms with Gasteiger partial charge in [0.2, 0.25) is 5.91 Å². The number of nitrogens with one attached hydrogen (secondary N) is 2. The molecule has 0 spiro atoms. The molecule has 146 valence electrons. The fourth-order valence-corrected chi connectivity index (χ4v) is 2.80. The van der Waals surface area contributed by atoms with Crippen molar-refractivity contribution in [3.8, 4) is 5.69 Å². The highest BCUT2D eigenvalue weighted by atomic mass is 19.2. The van der Waals surface area contributed by atoms with Crippen molar-refractivity contribution < 1.29 is 13.6 Å². The fourth-order valence-electron chi connectivity index (χ4n) is 2.80. The number of anilines is 1. The van der Waals surface area contributed by atoms with Gasteiger partial charge in [-0.1, -0.05) is 23.8 Å². The molecule has 1 atom stereocenters. The minimum absolute atomic E-state index is 0.0122. The minimum Gasteiger partial charge on any atom is -0.309 e. The Hall–Kier alpha value is -3.06. The van der Waals surface area contributed by atoms with Crippen molar-refractivity contribution >= 4 is 11.7 Å². The molecule has 3 rings (SSSR count). The monoisotopic (exact) mass is 384 g/mol. The molecule has 0 unspecified atom stereocenters. The summed E-state index contributed by atoms with van der Waals surface area (Å²) >= 11 is 0. The first-order chi connectivity index (χ1) is 13.3. The van der Waals surface area contributed by atoms with Crippen LogP contribution in [0.15, 0.2) is 48.5 Å². The number of hydrogen-bond acceptors (Lipinski definition) is 3. The van der Waals surface area contributed by atoms with Crippen LogP contribution in [-0.4, -0.2) is 22.2 Å². The van der Waals surface area contributed by atoms with Crippen LogP contribution < -0.4 is 10.6 Å². The zero-order valence-corrected chi connectivity index (χ0v) is 16.0. The first kappa shape index (κ1) is 19.7. The summed E-state index contributed by atoms with van der Waals surface area (Å²) < 4.78 is 28.1. The molecule has 1 heterocycles. The van der Waals surface area contributed by atoms with Crippen LogP contribution >= 0.6 is 0 Å². The van der Waals surface area contributed by atoms with Crippen LogP contribution in [0.3, 0.4) is 0 Å². The molecule has 7 heteroatoms. The van der Waals surface area contributed by atoms with Gasteiger partial charge in [0, 0.05) is 12.1 Å². The van der Waals surface area contributed by atoms with Crippen molar-refractivity contribution in [2.45, 2.75) is 26.8 Å². The number of carbonyl (C=O) groups is 1. The number of hydrogen-bond donors (Lipinski definition) is 2. The number of rotatable bonds is 6. The summed E-state index contributed by atoms with van der Waals surface area (Å²) in [6.45, 7) is 5.64. The second-order valence-electron chi connectivity index (χ2n) is 6.74. The maximum Gasteiger partial charge on any atom is 0.239 e. The third-order valence-electron chi connectivity index (χ3n) is 4.39. The highest BCUT2D eigenvalue weighted by Gasteiger charge is 2.13. The summed E-state index contributed by atoms with van der Waals surface area (Å²) in [4.78, 5) is 12.4. The molecular weight excluding hydrogens is 362 g/mol. The Morgan fingerprint density at radius 1 is 1.07 bits per heavy atom. The van der Waals surface area contributed by atoms with Crippen molar-refractivity contribution in [1.29, 1.82) is 0 Å². The van der Waals surface area contributed by atoms with Crippen LogP contribution in [0.1, 0.15) is 29.8 Å². The van der Waals surface area contributed by atoms with E-state index < -0.39 is 11.6 Å². The highest BCUT2D eigenvalue weighted by Crippen LogP contribution is 2.18. The number of aryl methyl sites for hydroxylation is 2. The maximum atomic E-state index is 13.4. The molecule has 2 aromatic carbocycles. The molecule has 0 aliphatic rings. The summed E-state index contributed by atoms with van der Waals surface area (Å²) in [7, 11) is 0. The molecule has 5 nitrogen and oxygen atoms in total. The van der Waals surface area contributed by atoms with Crippen molar-refractivity contribution in [3.63, 3.8) is 0 Å². The van der Waals surface area contributed by atoms with E-state index in [-0.39, 0.29) is 18.5 Å². The predicted molar refractivity (Wildman–Crippen MR) is 104 cm³/mol. The number of amides is 1. The van der Waals surface area contributed by atoms with E-state index in [0.29, 0.717) is 11.4 Å². The smallest absolute Gasteiger partial charge is 0.239 e. The Morgan fingerprint density at radius 2 is 1.79 bits per heavy atom. The summed E-state index contributed by atoms with van der Waals surface area (Å²) in [6.07, 6.45) is 0. The topological polar surface area (TPSA) is 59.0 Å². The van der Waals surface area contributed by atoms with Gasteiger partial charge in [0.25, 0.3) is 0 Å². The average Bonchev–Trinajstić information content (AvgIpc) is 3.02. The normalized spacial score (nSPS) is 12.0. The molecule has 0 aliphatic carbocycles. The standard InChI is InChI=1S/C21H22F2N4O/c1-13-4-7-17(8-5-13)27-20(10-14(2)26-27)25-21(28)12-24-15(3)16-6-9-18(22)19(23)11-16/h4-11,15,24H,12H2,1-3H3,(H,25,28)/t15-/m0/s1. The van der Waals surface area contributed by atoms with E-state index in [1.165, 1.54) is 6.07 Å². The van der Waals surface area contributed by atoms with Gasteiger partial charge < -0.3 is 10.6 Å². The number of halogens is 2. The molecule has 0 bridgehead atoms. The van der Waals surface area contributed by atoms with Gasteiger partial charge in [0.15, 0.2) is 11.6 Å². The molecule has 0 fully saturated rings. The Labute approximate surface area is 162 Å². The lowest BCUT2D eigenvalue weighted by molar-refractivity contribution is -0.115. The first-order valence-electron chi connectivity index (χ1n) is 8.95. The van der Waals surface area contributed by atoms with Gasteiger partial charge in [-0.2, -0.15) is 5.10 Å². The van der Waals surface area contributed by atoms with Crippen molar-refractivity contribution in [2.24, 2.45) is 0 Å². The van der Waals surface area contributed by atoms with Gasteiger partial charge in [-0.3, -0.25) is 4.79 Å². The van der Waals surface area contributed by atoms with Gasteiger partial charge >= 0.3 is 0 Å². The number of benzene rings is 2. The van der Waals surface area contributed by atoms with Gasteiger partial charge in [0.05, 0.1) is 17.9 Å². The number of carbonyl (C=O) groups excluding carboxylic acids is 1.